The molecular weight excluding hydrogens is 392 g/mol. The van der Waals surface area contributed by atoms with E-state index in [1.165, 1.54) is 9.13 Å². The molecule has 2 aromatic rings. The van der Waals surface area contributed by atoms with Gasteiger partial charge in [-0.15, -0.1) is 0 Å². The highest BCUT2D eigenvalue weighted by Gasteiger charge is 2.25. The smallest absolute Gasteiger partial charge is 0.409 e. The summed E-state index contributed by atoms with van der Waals surface area (Å²) in [5, 5.41) is 0. The second-order valence-corrected chi connectivity index (χ2v) is 6.96. The van der Waals surface area contributed by atoms with Gasteiger partial charge in [0, 0.05) is 39.8 Å². The molecule has 0 aliphatic carbocycles. The topological polar surface area (TPSA) is 103 Å². The van der Waals surface area contributed by atoms with E-state index in [0.717, 1.165) is 11.0 Å². The molecule has 3 rings (SSSR count). The summed E-state index contributed by atoms with van der Waals surface area (Å²) in [5.74, 6) is -0.859. The maximum absolute atomic E-state index is 12.4. The molecule has 0 saturated carbocycles. The molecule has 10 nitrogen and oxygen atoms in total. The van der Waals surface area contributed by atoms with E-state index in [-0.39, 0.29) is 37.3 Å². The minimum absolute atomic E-state index is 0.0160. The standard InChI is InChI=1S/C20H26N4O6/c1-3-29-20(28)23-12-10-22(11-13-23)17(25)14-30-18(26)8-9-24-16-7-5-4-6-15(16)21(2)19(24)27/h4-7H,3,8-14H2,1-2H3. The minimum atomic E-state index is -0.548. The van der Waals surface area contributed by atoms with Gasteiger partial charge in [0.25, 0.3) is 5.91 Å². The lowest BCUT2D eigenvalue weighted by molar-refractivity contribution is -0.152. The van der Waals surface area contributed by atoms with Crippen molar-refractivity contribution in [2.45, 2.75) is 19.9 Å². The predicted octanol–water partition coefficient (Wildman–Crippen LogP) is 0.574. The molecule has 0 bridgehead atoms. The Labute approximate surface area is 173 Å². The maximum atomic E-state index is 12.4. The number of carbonyl (C=O) groups excluding carboxylic acids is 3. The van der Waals surface area contributed by atoms with Gasteiger partial charge in [-0.2, -0.15) is 0 Å². The Balaban J connectivity index is 1.46. The van der Waals surface area contributed by atoms with E-state index in [1.54, 1.807) is 23.8 Å². The highest BCUT2D eigenvalue weighted by molar-refractivity contribution is 5.81. The SMILES string of the molecule is CCOC(=O)N1CCN(C(=O)COC(=O)CCn2c(=O)n(C)c3ccccc32)CC1. The first-order chi connectivity index (χ1) is 14.4. The van der Waals surface area contributed by atoms with Crippen LogP contribution in [0.3, 0.4) is 0 Å². The van der Waals surface area contributed by atoms with Gasteiger partial charge in [-0.3, -0.25) is 18.7 Å². The summed E-state index contributed by atoms with van der Waals surface area (Å²) < 4.78 is 13.1. The Morgan fingerprint density at radius 2 is 1.60 bits per heavy atom. The first-order valence-electron chi connectivity index (χ1n) is 9.91. The van der Waals surface area contributed by atoms with Crippen molar-refractivity contribution < 1.29 is 23.9 Å². The van der Waals surface area contributed by atoms with Crippen molar-refractivity contribution in [3.8, 4) is 0 Å². The number of piperazine rings is 1. The van der Waals surface area contributed by atoms with Crippen LogP contribution in [-0.4, -0.2) is 76.3 Å². The number of aryl methyl sites for hydroxylation is 2. The van der Waals surface area contributed by atoms with Crippen molar-refractivity contribution in [1.82, 2.24) is 18.9 Å². The number of carbonyl (C=O) groups is 3. The number of aromatic nitrogens is 2. The van der Waals surface area contributed by atoms with Crippen LogP contribution in [0.15, 0.2) is 29.1 Å². The number of nitrogens with zero attached hydrogens (tertiary/aromatic N) is 4. The average molecular weight is 418 g/mol. The lowest BCUT2D eigenvalue weighted by Gasteiger charge is -2.33. The van der Waals surface area contributed by atoms with Gasteiger partial charge in [-0.25, -0.2) is 9.59 Å². The molecule has 0 radical (unpaired) electrons. The Bertz CT molecular complexity index is 987. The molecule has 0 unspecified atom stereocenters. The van der Waals surface area contributed by atoms with Crippen molar-refractivity contribution in [2.24, 2.45) is 7.05 Å². The lowest BCUT2D eigenvalue weighted by Crippen LogP contribution is -2.51. The predicted molar refractivity (Wildman–Crippen MR) is 108 cm³/mol. The first kappa shape index (κ1) is 21.4. The van der Waals surface area contributed by atoms with Gasteiger partial charge in [0.1, 0.15) is 0 Å². The summed E-state index contributed by atoms with van der Waals surface area (Å²) in [7, 11) is 1.68. The molecule has 1 saturated heterocycles. The minimum Gasteiger partial charge on any atom is -0.456 e. The normalized spacial score (nSPS) is 14.1. The molecule has 2 heterocycles. The number of para-hydroxylation sites is 2. The second kappa shape index (κ2) is 9.47. The molecule has 1 aliphatic heterocycles. The van der Waals surface area contributed by atoms with Gasteiger partial charge in [-0.05, 0) is 19.1 Å². The molecule has 30 heavy (non-hydrogen) atoms. The number of ether oxygens (including phenoxy) is 2. The number of esters is 1. The third-order valence-electron chi connectivity index (χ3n) is 5.11. The van der Waals surface area contributed by atoms with Crippen LogP contribution in [0.1, 0.15) is 13.3 Å². The van der Waals surface area contributed by atoms with E-state index in [4.69, 9.17) is 9.47 Å². The Morgan fingerprint density at radius 3 is 2.27 bits per heavy atom. The number of imidazole rings is 1. The fourth-order valence-corrected chi connectivity index (χ4v) is 3.44. The van der Waals surface area contributed by atoms with Crippen LogP contribution < -0.4 is 5.69 Å². The van der Waals surface area contributed by atoms with Crippen LogP contribution in [0.2, 0.25) is 0 Å². The summed E-state index contributed by atoms with van der Waals surface area (Å²) in [4.78, 5) is 51.5. The zero-order valence-electron chi connectivity index (χ0n) is 17.2. The summed E-state index contributed by atoms with van der Waals surface area (Å²) in [6.45, 7) is 3.34. The Kier molecular flexibility index (Phi) is 6.76. The average Bonchev–Trinajstić information content (AvgIpc) is 3.01. The van der Waals surface area contributed by atoms with Crippen LogP contribution in [0, 0.1) is 0 Å². The van der Waals surface area contributed by atoms with Gasteiger partial charge in [0.2, 0.25) is 0 Å². The number of hydrogen-bond acceptors (Lipinski definition) is 6. The Hall–Kier alpha value is -3.30. The van der Waals surface area contributed by atoms with E-state index >= 15 is 0 Å². The fraction of sp³-hybridized carbons (Fsp3) is 0.500. The van der Waals surface area contributed by atoms with E-state index < -0.39 is 5.97 Å². The molecule has 1 aromatic heterocycles. The van der Waals surface area contributed by atoms with Crippen LogP contribution in [0.4, 0.5) is 4.79 Å². The summed E-state index contributed by atoms with van der Waals surface area (Å²) in [6.07, 6.45) is -0.405. The van der Waals surface area contributed by atoms with Crippen LogP contribution in [0.5, 0.6) is 0 Å². The maximum Gasteiger partial charge on any atom is 0.409 e. The third-order valence-corrected chi connectivity index (χ3v) is 5.11. The van der Waals surface area contributed by atoms with Crippen molar-refractivity contribution in [1.29, 1.82) is 0 Å². The quantitative estimate of drug-likeness (QED) is 0.636. The zero-order chi connectivity index (χ0) is 21.7. The largest absolute Gasteiger partial charge is 0.456 e. The molecule has 162 valence electrons. The zero-order valence-corrected chi connectivity index (χ0v) is 17.2. The molecule has 1 fully saturated rings. The number of rotatable bonds is 6. The number of benzene rings is 1. The van der Waals surface area contributed by atoms with E-state index in [1.807, 2.05) is 24.3 Å². The second-order valence-electron chi connectivity index (χ2n) is 6.96. The van der Waals surface area contributed by atoms with Crippen molar-refractivity contribution in [3.63, 3.8) is 0 Å². The van der Waals surface area contributed by atoms with Crippen LogP contribution in [-0.2, 0) is 32.7 Å². The monoisotopic (exact) mass is 418 g/mol. The molecule has 2 amide bonds. The molecule has 0 N–H and O–H groups in total. The lowest BCUT2D eigenvalue weighted by atomic mass is 10.3. The molecule has 0 atom stereocenters. The highest BCUT2D eigenvalue weighted by Crippen LogP contribution is 2.12. The third kappa shape index (κ3) is 4.64. The molecule has 1 aliphatic rings. The van der Waals surface area contributed by atoms with Crippen LogP contribution >= 0.6 is 0 Å². The molecule has 10 heteroatoms. The Morgan fingerprint density at radius 1 is 0.967 bits per heavy atom. The van der Waals surface area contributed by atoms with Crippen molar-refractivity contribution in [2.75, 3.05) is 39.4 Å². The van der Waals surface area contributed by atoms with Gasteiger partial charge >= 0.3 is 17.8 Å². The summed E-state index contributed by atoms with van der Waals surface area (Å²) in [6, 6.07) is 7.34. The van der Waals surface area contributed by atoms with Gasteiger partial charge in [0.05, 0.1) is 24.1 Å². The number of fused-ring (bicyclic) bond motifs is 1. The first-order valence-corrected chi connectivity index (χ1v) is 9.91. The fourth-order valence-electron chi connectivity index (χ4n) is 3.44. The highest BCUT2D eigenvalue weighted by atomic mass is 16.6. The van der Waals surface area contributed by atoms with E-state index in [0.29, 0.717) is 32.8 Å². The summed E-state index contributed by atoms with van der Waals surface area (Å²) in [5.41, 5.74) is 1.32. The van der Waals surface area contributed by atoms with Crippen LogP contribution in [0.25, 0.3) is 11.0 Å². The van der Waals surface area contributed by atoms with Gasteiger partial charge < -0.3 is 19.3 Å². The molecular formula is C20H26N4O6. The summed E-state index contributed by atoms with van der Waals surface area (Å²) >= 11 is 0. The number of hydrogen-bond donors (Lipinski definition) is 0. The van der Waals surface area contributed by atoms with Crippen molar-refractivity contribution >= 4 is 29.0 Å². The number of amides is 2. The van der Waals surface area contributed by atoms with Gasteiger partial charge in [-0.1, -0.05) is 12.1 Å². The van der Waals surface area contributed by atoms with Crippen molar-refractivity contribution in [3.05, 3.63) is 34.7 Å². The van der Waals surface area contributed by atoms with Gasteiger partial charge in [0.15, 0.2) is 6.61 Å². The van der Waals surface area contributed by atoms with E-state index in [2.05, 4.69) is 0 Å². The molecule has 1 aromatic carbocycles. The van der Waals surface area contributed by atoms with E-state index in [9.17, 15) is 19.2 Å². The molecule has 0 spiro atoms.